The SMILES string of the molecule is O=C(Cc1ccc(-c2cc3c(N4CCOCC4)ncnc3[nH]2)cc1)Cc1cc(-c2ccncc2)no1. The number of hydrogen-bond donors (Lipinski definition) is 1. The second kappa shape index (κ2) is 9.71. The van der Waals surface area contributed by atoms with Crippen LogP contribution in [0.3, 0.4) is 0 Å². The van der Waals surface area contributed by atoms with E-state index in [2.05, 4.69) is 36.1 Å². The van der Waals surface area contributed by atoms with Crippen LogP contribution in [0.15, 0.2) is 71.8 Å². The molecule has 1 saturated heterocycles. The number of aromatic amines is 1. The second-order valence-corrected chi connectivity index (χ2v) is 8.75. The topological polar surface area (TPSA) is 110 Å². The van der Waals surface area contributed by atoms with Crippen molar-refractivity contribution >= 4 is 22.6 Å². The number of nitrogens with one attached hydrogen (secondary N) is 1. The number of rotatable bonds is 7. The van der Waals surface area contributed by atoms with E-state index in [1.807, 2.05) is 36.4 Å². The van der Waals surface area contributed by atoms with E-state index in [0.29, 0.717) is 31.1 Å². The van der Waals surface area contributed by atoms with Crippen molar-refractivity contribution < 1.29 is 14.1 Å². The summed E-state index contributed by atoms with van der Waals surface area (Å²) in [5, 5.41) is 5.06. The van der Waals surface area contributed by atoms with Crippen molar-refractivity contribution in [3.63, 3.8) is 0 Å². The number of fused-ring (bicyclic) bond motifs is 1. The molecule has 0 bridgehead atoms. The fourth-order valence-electron chi connectivity index (χ4n) is 4.45. The first-order valence-electron chi connectivity index (χ1n) is 11.9. The molecule has 1 N–H and O–H groups in total. The molecule has 0 saturated carbocycles. The van der Waals surface area contributed by atoms with Crippen molar-refractivity contribution in [2.24, 2.45) is 0 Å². The minimum atomic E-state index is 0.0659. The van der Waals surface area contributed by atoms with E-state index in [0.717, 1.165) is 52.3 Å². The van der Waals surface area contributed by atoms with Gasteiger partial charge in [0, 0.05) is 49.2 Å². The van der Waals surface area contributed by atoms with Crippen LogP contribution in [-0.4, -0.2) is 57.2 Å². The number of nitrogens with zero attached hydrogens (tertiary/aromatic N) is 5. The van der Waals surface area contributed by atoms with Crippen molar-refractivity contribution in [2.45, 2.75) is 12.8 Å². The van der Waals surface area contributed by atoms with Gasteiger partial charge in [0.1, 0.15) is 35.0 Å². The minimum Gasteiger partial charge on any atom is -0.378 e. The summed E-state index contributed by atoms with van der Waals surface area (Å²) in [6.07, 6.45) is 5.52. The molecule has 36 heavy (non-hydrogen) atoms. The maximum atomic E-state index is 12.7. The number of ether oxygens (including phenoxy) is 1. The van der Waals surface area contributed by atoms with Gasteiger partial charge in [0.25, 0.3) is 0 Å². The fourth-order valence-corrected chi connectivity index (χ4v) is 4.45. The largest absolute Gasteiger partial charge is 0.378 e. The van der Waals surface area contributed by atoms with E-state index in [9.17, 15) is 4.79 Å². The third-order valence-corrected chi connectivity index (χ3v) is 6.29. The predicted octanol–water partition coefficient (Wildman–Crippen LogP) is 3.87. The highest BCUT2D eigenvalue weighted by Gasteiger charge is 2.18. The van der Waals surface area contributed by atoms with E-state index in [1.165, 1.54) is 0 Å². The first kappa shape index (κ1) is 22.1. The van der Waals surface area contributed by atoms with Gasteiger partial charge in [0.2, 0.25) is 0 Å². The summed E-state index contributed by atoms with van der Waals surface area (Å²) >= 11 is 0. The number of hydrogen-bond acceptors (Lipinski definition) is 8. The molecule has 6 rings (SSSR count). The highest BCUT2D eigenvalue weighted by Crippen LogP contribution is 2.29. The van der Waals surface area contributed by atoms with Crippen LogP contribution >= 0.6 is 0 Å². The van der Waals surface area contributed by atoms with Gasteiger partial charge in [0.15, 0.2) is 0 Å². The first-order chi connectivity index (χ1) is 17.7. The number of ketones is 1. The van der Waals surface area contributed by atoms with E-state index >= 15 is 0 Å². The van der Waals surface area contributed by atoms with Crippen LogP contribution in [0.5, 0.6) is 0 Å². The molecule has 9 heteroatoms. The molecule has 9 nitrogen and oxygen atoms in total. The van der Waals surface area contributed by atoms with E-state index in [1.54, 1.807) is 24.8 Å². The Labute approximate surface area is 207 Å². The predicted molar refractivity (Wildman–Crippen MR) is 135 cm³/mol. The zero-order valence-electron chi connectivity index (χ0n) is 19.6. The summed E-state index contributed by atoms with van der Waals surface area (Å²) in [5.74, 6) is 1.54. The average molecular weight is 481 g/mol. The Bertz CT molecular complexity index is 1490. The molecule has 180 valence electrons. The lowest BCUT2D eigenvalue weighted by Crippen LogP contribution is -2.36. The third-order valence-electron chi connectivity index (χ3n) is 6.29. The van der Waals surface area contributed by atoms with Crippen LogP contribution in [-0.2, 0) is 22.4 Å². The number of aromatic nitrogens is 5. The van der Waals surface area contributed by atoms with Crippen molar-refractivity contribution in [2.75, 3.05) is 31.2 Å². The van der Waals surface area contributed by atoms with E-state index < -0.39 is 0 Å². The van der Waals surface area contributed by atoms with Gasteiger partial charge >= 0.3 is 0 Å². The number of carbonyl (C=O) groups excluding carboxylic acids is 1. The molecule has 0 spiro atoms. The van der Waals surface area contributed by atoms with Crippen LogP contribution in [0.25, 0.3) is 33.5 Å². The van der Waals surface area contributed by atoms with Gasteiger partial charge < -0.3 is 19.1 Å². The summed E-state index contributed by atoms with van der Waals surface area (Å²) in [7, 11) is 0. The highest BCUT2D eigenvalue weighted by molar-refractivity contribution is 5.92. The Morgan fingerprint density at radius 1 is 0.944 bits per heavy atom. The first-order valence-corrected chi connectivity index (χ1v) is 11.9. The number of benzene rings is 1. The Kier molecular flexibility index (Phi) is 5.96. The molecule has 5 heterocycles. The molecule has 0 unspecified atom stereocenters. The normalized spacial score (nSPS) is 13.8. The summed E-state index contributed by atoms with van der Waals surface area (Å²) in [6, 6.07) is 15.6. The molecule has 1 aliphatic rings. The standard InChI is InChI=1S/C27H24N6O3/c34-21(14-22-15-25(32-36-22)20-5-7-28-8-6-20)13-18-1-3-19(4-2-18)24-16-23-26(31-24)29-17-30-27(23)33-9-11-35-12-10-33/h1-8,15-17H,9-14H2,(H,29,30,31). The number of pyridine rings is 1. The monoisotopic (exact) mass is 480 g/mol. The van der Waals surface area contributed by atoms with Crippen LogP contribution in [0.1, 0.15) is 11.3 Å². The molecule has 0 atom stereocenters. The smallest absolute Gasteiger partial charge is 0.144 e. The number of carbonyl (C=O) groups is 1. The molecular weight excluding hydrogens is 456 g/mol. The maximum absolute atomic E-state index is 12.7. The molecule has 4 aromatic heterocycles. The highest BCUT2D eigenvalue weighted by atomic mass is 16.5. The van der Waals surface area contributed by atoms with Gasteiger partial charge in [0.05, 0.1) is 25.0 Å². The number of Topliss-reactive ketones (excluding diaryl/α,β-unsaturated/α-hetero) is 1. The number of anilines is 1. The van der Waals surface area contributed by atoms with E-state index in [4.69, 9.17) is 9.26 Å². The Morgan fingerprint density at radius 3 is 2.56 bits per heavy atom. The molecular formula is C27H24N6O3. The zero-order valence-corrected chi connectivity index (χ0v) is 19.6. The van der Waals surface area contributed by atoms with Crippen molar-refractivity contribution in [3.05, 3.63) is 78.6 Å². The maximum Gasteiger partial charge on any atom is 0.144 e. The van der Waals surface area contributed by atoms with Crippen LogP contribution in [0.2, 0.25) is 0 Å². The molecule has 0 radical (unpaired) electrons. The Morgan fingerprint density at radius 2 is 1.75 bits per heavy atom. The molecule has 0 aliphatic carbocycles. The average Bonchev–Trinajstić information content (AvgIpc) is 3.57. The Balaban J connectivity index is 1.14. The number of morpholine rings is 1. The van der Waals surface area contributed by atoms with E-state index in [-0.39, 0.29) is 12.2 Å². The van der Waals surface area contributed by atoms with Gasteiger partial charge in [-0.2, -0.15) is 0 Å². The fraction of sp³-hybridized carbons (Fsp3) is 0.222. The summed E-state index contributed by atoms with van der Waals surface area (Å²) in [5.41, 5.74) is 5.34. The van der Waals surface area contributed by atoms with Gasteiger partial charge in [-0.25, -0.2) is 9.97 Å². The van der Waals surface area contributed by atoms with Crippen molar-refractivity contribution in [1.29, 1.82) is 0 Å². The summed E-state index contributed by atoms with van der Waals surface area (Å²) in [6.45, 7) is 3.03. The third kappa shape index (κ3) is 4.60. The summed E-state index contributed by atoms with van der Waals surface area (Å²) < 4.78 is 10.8. The second-order valence-electron chi connectivity index (χ2n) is 8.75. The lowest BCUT2D eigenvalue weighted by molar-refractivity contribution is -0.118. The molecule has 5 aromatic rings. The van der Waals surface area contributed by atoms with Crippen LogP contribution < -0.4 is 4.90 Å². The molecule has 1 fully saturated rings. The van der Waals surface area contributed by atoms with Crippen molar-refractivity contribution in [1.82, 2.24) is 25.1 Å². The van der Waals surface area contributed by atoms with Crippen LogP contribution in [0.4, 0.5) is 5.82 Å². The van der Waals surface area contributed by atoms with Gasteiger partial charge in [-0.05, 0) is 29.3 Å². The zero-order chi connectivity index (χ0) is 24.3. The molecule has 1 aliphatic heterocycles. The molecule has 0 amide bonds. The van der Waals surface area contributed by atoms with Gasteiger partial charge in [-0.3, -0.25) is 9.78 Å². The minimum absolute atomic E-state index is 0.0659. The van der Waals surface area contributed by atoms with Crippen LogP contribution in [0, 0.1) is 0 Å². The quantitative estimate of drug-likeness (QED) is 0.374. The van der Waals surface area contributed by atoms with Gasteiger partial charge in [-0.15, -0.1) is 0 Å². The lowest BCUT2D eigenvalue weighted by Gasteiger charge is -2.27. The molecule has 1 aromatic carbocycles. The summed E-state index contributed by atoms with van der Waals surface area (Å²) in [4.78, 5) is 31.2. The van der Waals surface area contributed by atoms with Gasteiger partial charge in [-0.1, -0.05) is 29.4 Å². The van der Waals surface area contributed by atoms with Crippen molar-refractivity contribution in [3.8, 4) is 22.5 Å². The Hall–Kier alpha value is -4.37. The lowest BCUT2D eigenvalue weighted by atomic mass is 10.0. The number of H-pyrrole nitrogens is 1.